The molecule has 0 aliphatic rings. The number of carbonyl (C=O) groups excluding carboxylic acids is 1. The Balaban J connectivity index is 1.79. The highest BCUT2D eigenvalue weighted by atomic mass is 16.5. The van der Waals surface area contributed by atoms with E-state index in [4.69, 9.17) is 4.74 Å². The number of hydrogen-bond donors (Lipinski definition) is 3. The van der Waals surface area contributed by atoms with Crippen molar-refractivity contribution < 1.29 is 20.0 Å². The fourth-order valence-electron chi connectivity index (χ4n) is 3.26. The molecule has 0 saturated heterocycles. The van der Waals surface area contributed by atoms with Gasteiger partial charge < -0.3 is 20.5 Å². The molecule has 0 spiro atoms. The van der Waals surface area contributed by atoms with Crippen LogP contribution in [0, 0.1) is 6.92 Å². The SMILES string of the molecule is COc1ccc(C)cc1NC(=O)[C@@H]([NH2+]C[C@@H](O)c1ccccc1)c1ccccc1. The molecular formula is C24H27N2O3+. The molecule has 150 valence electrons. The zero-order chi connectivity index (χ0) is 20.6. The Morgan fingerprint density at radius 1 is 1.00 bits per heavy atom. The first-order chi connectivity index (χ1) is 14.1. The van der Waals surface area contributed by atoms with Crippen LogP contribution in [0.1, 0.15) is 28.8 Å². The van der Waals surface area contributed by atoms with Crippen molar-refractivity contribution in [1.29, 1.82) is 0 Å². The van der Waals surface area contributed by atoms with Crippen molar-refractivity contribution in [2.24, 2.45) is 0 Å². The van der Waals surface area contributed by atoms with Crippen LogP contribution in [-0.4, -0.2) is 24.7 Å². The second-order valence-corrected chi connectivity index (χ2v) is 6.98. The zero-order valence-corrected chi connectivity index (χ0v) is 16.7. The average Bonchev–Trinajstić information content (AvgIpc) is 2.75. The van der Waals surface area contributed by atoms with E-state index in [2.05, 4.69) is 5.32 Å². The number of hydrogen-bond acceptors (Lipinski definition) is 3. The number of methoxy groups -OCH3 is 1. The van der Waals surface area contributed by atoms with Gasteiger partial charge in [0.1, 0.15) is 18.4 Å². The first-order valence-electron chi connectivity index (χ1n) is 9.65. The maximum absolute atomic E-state index is 13.2. The molecule has 29 heavy (non-hydrogen) atoms. The number of nitrogens with one attached hydrogen (secondary N) is 1. The van der Waals surface area contributed by atoms with E-state index in [0.717, 1.165) is 16.7 Å². The zero-order valence-electron chi connectivity index (χ0n) is 16.7. The molecule has 3 aromatic rings. The third-order valence-electron chi connectivity index (χ3n) is 4.83. The molecule has 0 unspecified atom stereocenters. The lowest BCUT2D eigenvalue weighted by Crippen LogP contribution is -2.88. The Kier molecular flexibility index (Phi) is 7.00. The molecule has 0 fully saturated rings. The molecule has 0 aromatic heterocycles. The van der Waals surface area contributed by atoms with Gasteiger partial charge in [-0.15, -0.1) is 0 Å². The maximum atomic E-state index is 13.2. The lowest BCUT2D eigenvalue weighted by Gasteiger charge is -2.19. The highest BCUT2D eigenvalue weighted by molar-refractivity contribution is 5.95. The number of ether oxygens (including phenoxy) is 1. The number of aliphatic hydroxyl groups excluding tert-OH is 1. The molecule has 0 aliphatic heterocycles. The lowest BCUT2D eigenvalue weighted by atomic mass is 10.0. The number of rotatable bonds is 8. The number of quaternary nitrogens is 1. The topological polar surface area (TPSA) is 75.2 Å². The van der Waals surface area contributed by atoms with Gasteiger partial charge in [0.05, 0.1) is 12.8 Å². The summed E-state index contributed by atoms with van der Waals surface area (Å²) in [5, 5.41) is 15.4. The van der Waals surface area contributed by atoms with Crippen molar-refractivity contribution in [1.82, 2.24) is 0 Å². The van der Waals surface area contributed by atoms with Gasteiger partial charge in [0.2, 0.25) is 0 Å². The van der Waals surface area contributed by atoms with Crippen LogP contribution >= 0.6 is 0 Å². The number of carbonyl (C=O) groups is 1. The fraction of sp³-hybridized carbons (Fsp3) is 0.208. The van der Waals surface area contributed by atoms with Crippen LogP contribution in [0.5, 0.6) is 5.75 Å². The summed E-state index contributed by atoms with van der Waals surface area (Å²) in [6.07, 6.45) is -0.663. The Morgan fingerprint density at radius 3 is 2.24 bits per heavy atom. The summed E-state index contributed by atoms with van der Waals surface area (Å²) in [6.45, 7) is 2.33. The summed E-state index contributed by atoms with van der Waals surface area (Å²) in [6, 6.07) is 24.2. The molecule has 0 radical (unpaired) electrons. The van der Waals surface area contributed by atoms with E-state index in [0.29, 0.717) is 18.0 Å². The van der Waals surface area contributed by atoms with E-state index in [-0.39, 0.29) is 5.91 Å². The summed E-state index contributed by atoms with van der Waals surface area (Å²) in [5.41, 5.74) is 3.37. The van der Waals surface area contributed by atoms with Crippen molar-refractivity contribution in [2.75, 3.05) is 19.0 Å². The van der Waals surface area contributed by atoms with E-state index in [9.17, 15) is 9.90 Å². The first-order valence-corrected chi connectivity index (χ1v) is 9.65. The van der Waals surface area contributed by atoms with Crippen LogP contribution in [0.2, 0.25) is 0 Å². The smallest absolute Gasteiger partial charge is 0.287 e. The Bertz CT molecular complexity index is 929. The van der Waals surface area contributed by atoms with Gasteiger partial charge in [0, 0.05) is 5.56 Å². The quantitative estimate of drug-likeness (QED) is 0.553. The lowest BCUT2D eigenvalue weighted by molar-refractivity contribution is -0.689. The van der Waals surface area contributed by atoms with E-state index in [1.807, 2.05) is 91.1 Å². The molecule has 2 atom stereocenters. The molecule has 1 amide bonds. The normalized spacial score (nSPS) is 12.8. The number of nitrogens with two attached hydrogens (primary N) is 1. The van der Waals surface area contributed by atoms with Crippen molar-refractivity contribution in [2.45, 2.75) is 19.1 Å². The van der Waals surface area contributed by atoms with Crippen molar-refractivity contribution in [3.8, 4) is 5.75 Å². The maximum Gasteiger partial charge on any atom is 0.287 e. The molecule has 4 N–H and O–H groups in total. The molecule has 0 bridgehead atoms. The molecular weight excluding hydrogens is 364 g/mol. The Hall–Kier alpha value is -3.15. The van der Waals surface area contributed by atoms with Gasteiger partial charge in [-0.2, -0.15) is 0 Å². The average molecular weight is 391 g/mol. The molecule has 5 nitrogen and oxygen atoms in total. The summed E-state index contributed by atoms with van der Waals surface area (Å²) in [4.78, 5) is 13.2. The van der Waals surface area contributed by atoms with Gasteiger partial charge >= 0.3 is 0 Å². The minimum atomic E-state index is -0.663. The van der Waals surface area contributed by atoms with Gasteiger partial charge in [-0.25, -0.2) is 0 Å². The molecule has 3 rings (SSSR count). The fourth-order valence-corrected chi connectivity index (χ4v) is 3.26. The van der Waals surface area contributed by atoms with E-state index in [1.54, 1.807) is 7.11 Å². The summed E-state index contributed by atoms with van der Waals surface area (Å²) in [7, 11) is 1.58. The van der Waals surface area contributed by atoms with Gasteiger partial charge in [-0.05, 0) is 30.2 Å². The summed E-state index contributed by atoms with van der Waals surface area (Å²) in [5.74, 6) is 0.445. The highest BCUT2D eigenvalue weighted by Crippen LogP contribution is 2.26. The standard InChI is InChI=1S/C24H26N2O3/c1-17-13-14-22(29-2)20(15-17)26-24(28)23(19-11-7-4-8-12-19)25-16-21(27)18-9-5-3-6-10-18/h3-15,21,23,25,27H,16H2,1-2H3,(H,26,28)/p+1/t21-,23+/m1/s1. The number of amides is 1. The van der Waals surface area contributed by atoms with Crippen LogP contribution in [0.4, 0.5) is 5.69 Å². The van der Waals surface area contributed by atoms with Crippen molar-refractivity contribution in [3.05, 3.63) is 95.6 Å². The van der Waals surface area contributed by atoms with Crippen molar-refractivity contribution >= 4 is 11.6 Å². The minimum Gasteiger partial charge on any atom is -0.495 e. The minimum absolute atomic E-state index is 0.166. The molecule has 0 aliphatic carbocycles. The number of aryl methyl sites for hydroxylation is 1. The molecule has 0 saturated carbocycles. The number of benzene rings is 3. The van der Waals surface area contributed by atoms with Crippen LogP contribution in [0.25, 0.3) is 0 Å². The Morgan fingerprint density at radius 2 is 1.62 bits per heavy atom. The third kappa shape index (κ3) is 5.44. The predicted octanol–water partition coefficient (Wildman–Crippen LogP) is 2.98. The van der Waals surface area contributed by atoms with Crippen LogP contribution < -0.4 is 15.4 Å². The first kappa shape index (κ1) is 20.6. The van der Waals surface area contributed by atoms with E-state index >= 15 is 0 Å². The van der Waals surface area contributed by atoms with Crippen LogP contribution in [0.15, 0.2) is 78.9 Å². The molecule has 5 heteroatoms. The number of aliphatic hydroxyl groups is 1. The molecule has 0 heterocycles. The Labute approximate surface area is 171 Å². The van der Waals surface area contributed by atoms with E-state index in [1.165, 1.54) is 0 Å². The van der Waals surface area contributed by atoms with Gasteiger partial charge in [-0.1, -0.05) is 66.7 Å². The van der Waals surface area contributed by atoms with Crippen LogP contribution in [-0.2, 0) is 4.79 Å². The third-order valence-corrected chi connectivity index (χ3v) is 4.83. The summed E-state index contributed by atoms with van der Waals surface area (Å²) < 4.78 is 5.38. The monoisotopic (exact) mass is 391 g/mol. The van der Waals surface area contributed by atoms with Crippen molar-refractivity contribution in [3.63, 3.8) is 0 Å². The highest BCUT2D eigenvalue weighted by Gasteiger charge is 2.26. The van der Waals surface area contributed by atoms with Crippen LogP contribution in [0.3, 0.4) is 0 Å². The van der Waals surface area contributed by atoms with Gasteiger partial charge in [-0.3, -0.25) is 4.79 Å². The predicted molar refractivity (Wildman–Crippen MR) is 114 cm³/mol. The van der Waals surface area contributed by atoms with E-state index < -0.39 is 12.1 Å². The largest absolute Gasteiger partial charge is 0.495 e. The second kappa shape index (κ2) is 9.87. The van der Waals surface area contributed by atoms with Gasteiger partial charge in [0.15, 0.2) is 6.04 Å². The number of anilines is 1. The summed E-state index contributed by atoms with van der Waals surface area (Å²) >= 11 is 0. The van der Waals surface area contributed by atoms with Gasteiger partial charge in [0.25, 0.3) is 5.91 Å². The second-order valence-electron chi connectivity index (χ2n) is 6.98. The molecule has 3 aromatic carbocycles.